The number of anilines is 1. The number of fused-ring (bicyclic) bond motifs is 3. The van der Waals surface area contributed by atoms with Crippen LogP contribution in [-0.4, -0.2) is 76.2 Å². The lowest BCUT2D eigenvalue weighted by molar-refractivity contribution is -0.113. The number of nitrogens with zero attached hydrogens (tertiary/aromatic N) is 5. The molecule has 3 aromatic heterocycles. The zero-order valence-electron chi connectivity index (χ0n) is 20.5. The average Bonchev–Trinajstić information content (AvgIpc) is 3.32. The molecule has 0 bridgehead atoms. The molecule has 36 heavy (non-hydrogen) atoms. The number of nitrogens with one attached hydrogen (secondary N) is 1. The second-order valence-corrected chi connectivity index (χ2v) is 11.3. The zero-order valence-corrected chi connectivity index (χ0v) is 21.3. The fourth-order valence-corrected chi connectivity index (χ4v) is 6.65. The zero-order chi connectivity index (χ0) is 24.9. The number of ether oxygens (including phenoxy) is 1. The second-order valence-electron chi connectivity index (χ2n) is 10.3. The summed E-state index contributed by atoms with van der Waals surface area (Å²) in [4.78, 5) is 31.0. The molecule has 3 aromatic rings. The topological polar surface area (TPSA) is 83.5 Å². The minimum absolute atomic E-state index is 0.00928. The number of pyridine rings is 3. The van der Waals surface area contributed by atoms with E-state index < -0.39 is 0 Å². The Labute approximate surface area is 213 Å². The molecule has 0 spiro atoms. The monoisotopic (exact) mass is 508 g/mol. The van der Waals surface area contributed by atoms with Gasteiger partial charge in [0.15, 0.2) is 0 Å². The van der Waals surface area contributed by atoms with Gasteiger partial charge in [0.25, 0.3) is 0 Å². The summed E-state index contributed by atoms with van der Waals surface area (Å²) < 4.78 is 20.0. The Kier molecular flexibility index (Phi) is 6.05. The number of halogens is 1. The summed E-state index contributed by atoms with van der Waals surface area (Å²) in [5.74, 6) is 1.86. The molecular formula is C26H29FN6O2S. The first kappa shape index (κ1) is 23.6. The maximum atomic E-state index is 14.7. The van der Waals surface area contributed by atoms with E-state index in [-0.39, 0.29) is 17.1 Å². The molecule has 0 radical (unpaired) electrons. The van der Waals surface area contributed by atoms with Crippen molar-refractivity contribution in [1.82, 2.24) is 24.8 Å². The highest BCUT2D eigenvalue weighted by Gasteiger charge is 2.48. The summed E-state index contributed by atoms with van der Waals surface area (Å²) in [7, 11) is 1.56. The van der Waals surface area contributed by atoms with Gasteiger partial charge in [0, 0.05) is 50.9 Å². The fourth-order valence-electron chi connectivity index (χ4n) is 5.89. The fraction of sp³-hybridized carbons (Fsp3) is 0.462. The van der Waals surface area contributed by atoms with Crippen molar-refractivity contribution in [3.8, 4) is 5.88 Å². The normalized spacial score (nSPS) is 24.1. The molecule has 8 nitrogen and oxygen atoms in total. The van der Waals surface area contributed by atoms with E-state index >= 15 is 0 Å². The Morgan fingerprint density at radius 2 is 2.03 bits per heavy atom. The average molecular weight is 509 g/mol. The molecule has 3 aliphatic heterocycles. The number of hydrogen-bond donors (Lipinski definition) is 1. The van der Waals surface area contributed by atoms with Crippen LogP contribution in [0.3, 0.4) is 0 Å². The van der Waals surface area contributed by atoms with Crippen molar-refractivity contribution in [3.63, 3.8) is 0 Å². The molecule has 0 aliphatic carbocycles. The van der Waals surface area contributed by atoms with Crippen LogP contribution in [0.1, 0.15) is 18.2 Å². The van der Waals surface area contributed by atoms with E-state index in [0.29, 0.717) is 46.4 Å². The molecule has 2 atom stereocenters. The van der Waals surface area contributed by atoms with Gasteiger partial charge in [0.05, 0.1) is 40.7 Å². The molecule has 1 N–H and O–H groups in total. The van der Waals surface area contributed by atoms with Crippen LogP contribution in [-0.2, 0) is 17.8 Å². The first-order valence-electron chi connectivity index (χ1n) is 12.3. The summed E-state index contributed by atoms with van der Waals surface area (Å²) in [6.07, 6.45) is 1.88. The van der Waals surface area contributed by atoms with Gasteiger partial charge in [-0.3, -0.25) is 14.7 Å². The predicted molar refractivity (Wildman–Crippen MR) is 137 cm³/mol. The maximum Gasteiger partial charge on any atom is 0.235 e. The Morgan fingerprint density at radius 3 is 2.86 bits per heavy atom. The summed E-state index contributed by atoms with van der Waals surface area (Å²) in [6.45, 7) is 7.92. The van der Waals surface area contributed by atoms with Gasteiger partial charge in [-0.1, -0.05) is 6.92 Å². The van der Waals surface area contributed by atoms with E-state index in [1.54, 1.807) is 13.2 Å². The third-order valence-corrected chi connectivity index (χ3v) is 8.70. The van der Waals surface area contributed by atoms with Gasteiger partial charge in [0.1, 0.15) is 11.6 Å². The smallest absolute Gasteiger partial charge is 0.235 e. The minimum atomic E-state index is -0.313. The van der Waals surface area contributed by atoms with Crippen LogP contribution in [0.15, 0.2) is 35.4 Å². The second kappa shape index (κ2) is 9.24. The van der Waals surface area contributed by atoms with Gasteiger partial charge >= 0.3 is 0 Å². The Morgan fingerprint density at radius 1 is 1.19 bits per heavy atom. The number of rotatable bonds is 6. The van der Waals surface area contributed by atoms with Gasteiger partial charge in [-0.15, -0.1) is 11.8 Å². The number of methoxy groups -OCH3 is 1. The molecular weight excluding hydrogens is 479 g/mol. The number of hydrogen-bond acceptors (Lipinski definition) is 8. The Balaban J connectivity index is 1.09. The van der Waals surface area contributed by atoms with Crippen molar-refractivity contribution < 1.29 is 13.9 Å². The van der Waals surface area contributed by atoms with Gasteiger partial charge in [-0.25, -0.2) is 14.4 Å². The molecule has 10 heteroatoms. The van der Waals surface area contributed by atoms with Crippen LogP contribution >= 0.6 is 11.8 Å². The van der Waals surface area contributed by atoms with E-state index in [0.717, 1.165) is 49.9 Å². The number of amides is 1. The van der Waals surface area contributed by atoms with Gasteiger partial charge in [0.2, 0.25) is 11.8 Å². The highest BCUT2D eigenvalue weighted by Crippen LogP contribution is 2.42. The quantitative estimate of drug-likeness (QED) is 0.544. The maximum absolute atomic E-state index is 14.7. The number of carbonyl (C=O) groups is 1. The standard InChI is InChI=1S/C26H29FN6O2S/c1-26-14-32(8-7-18-19(27)9-28-20-4-6-23(35-2)31-24(18)20)10-16(26)11-33(15-26)12-17-3-5-21-25(29-17)30-22(34)13-36-21/h3-6,9,16H,7-8,10-15H2,1-2H3,(H,29,30,34). The molecule has 0 saturated carbocycles. The number of thioether (sulfide) groups is 1. The summed E-state index contributed by atoms with van der Waals surface area (Å²) in [6, 6.07) is 7.71. The number of aromatic nitrogens is 3. The van der Waals surface area contributed by atoms with E-state index in [1.165, 1.54) is 18.0 Å². The van der Waals surface area contributed by atoms with Gasteiger partial charge in [-0.2, -0.15) is 0 Å². The lowest BCUT2D eigenvalue weighted by Crippen LogP contribution is -2.33. The lowest BCUT2D eigenvalue weighted by Gasteiger charge is -2.25. The molecule has 1 amide bonds. The third-order valence-electron chi connectivity index (χ3n) is 7.66. The molecule has 2 unspecified atom stereocenters. The summed E-state index contributed by atoms with van der Waals surface area (Å²) >= 11 is 1.54. The molecule has 6 rings (SSSR count). The molecule has 0 aromatic carbocycles. The highest BCUT2D eigenvalue weighted by atomic mass is 32.2. The predicted octanol–water partition coefficient (Wildman–Crippen LogP) is 3.21. The van der Waals surface area contributed by atoms with E-state index in [4.69, 9.17) is 9.72 Å². The highest BCUT2D eigenvalue weighted by molar-refractivity contribution is 8.00. The molecule has 2 fully saturated rings. The van der Waals surface area contributed by atoms with Crippen LogP contribution in [0.2, 0.25) is 0 Å². The first-order chi connectivity index (χ1) is 17.4. The largest absolute Gasteiger partial charge is 0.481 e. The van der Waals surface area contributed by atoms with Crippen LogP contribution in [0.4, 0.5) is 10.2 Å². The van der Waals surface area contributed by atoms with Crippen LogP contribution in [0.5, 0.6) is 5.88 Å². The molecule has 3 aliphatic rings. The molecule has 2 saturated heterocycles. The van der Waals surface area contributed by atoms with Crippen molar-refractivity contribution in [2.45, 2.75) is 24.8 Å². The Bertz CT molecular complexity index is 1340. The summed E-state index contributed by atoms with van der Waals surface area (Å²) in [5.41, 5.74) is 3.05. The number of likely N-dealkylation sites (tertiary alicyclic amines) is 2. The van der Waals surface area contributed by atoms with E-state index in [9.17, 15) is 9.18 Å². The number of carbonyl (C=O) groups excluding carboxylic acids is 1. The van der Waals surface area contributed by atoms with Crippen LogP contribution in [0.25, 0.3) is 11.0 Å². The SMILES string of the molecule is COc1ccc2ncc(F)c(CCN3CC4CN(Cc5ccc6c(n5)NC(=O)CS6)CC4(C)C3)c2n1. The van der Waals surface area contributed by atoms with E-state index in [1.807, 2.05) is 6.07 Å². The van der Waals surface area contributed by atoms with E-state index in [2.05, 4.69) is 44.1 Å². The Hall–Kier alpha value is -2.82. The lowest BCUT2D eigenvalue weighted by atomic mass is 9.83. The minimum Gasteiger partial charge on any atom is -0.481 e. The summed E-state index contributed by atoms with van der Waals surface area (Å²) in [5, 5.41) is 2.89. The van der Waals surface area contributed by atoms with Gasteiger partial charge < -0.3 is 15.0 Å². The third kappa shape index (κ3) is 4.42. The van der Waals surface area contributed by atoms with Crippen LogP contribution < -0.4 is 10.1 Å². The van der Waals surface area contributed by atoms with Gasteiger partial charge in [-0.05, 0) is 36.0 Å². The molecule has 188 valence electrons. The first-order valence-corrected chi connectivity index (χ1v) is 13.2. The van der Waals surface area contributed by atoms with Crippen molar-refractivity contribution in [2.75, 3.05) is 50.9 Å². The molecule has 6 heterocycles. The van der Waals surface area contributed by atoms with Crippen molar-refractivity contribution >= 4 is 34.5 Å². The van der Waals surface area contributed by atoms with Crippen LogP contribution in [0, 0.1) is 17.2 Å². The van der Waals surface area contributed by atoms with Crippen molar-refractivity contribution in [3.05, 3.63) is 47.5 Å². The van der Waals surface area contributed by atoms with Crippen molar-refractivity contribution in [2.24, 2.45) is 11.3 Å². The van der Waals surface area contributed by atoms with Crippen molar-refractivity contribution in [1.29, 1.82) is 0 Å².